The molecule has 0 unspecified atom stereocenters. The molecule has 1 amide bonds. The Morgan fingerprint density at radius 1 is 0.885 bits per heavy atom. The molecular weight excluding hydrogens is 334 g/mol. The van der Waals surface area contributed by atoms with Gasteiger partial charge in [-0.25, -0.2) is 0 Å². The summed E-state index contributed by atoms with van der Waals surface area (Å²) < 4.78 is 21.4. The van der Waals surface area contributed by atoms with Crippen LogP contribution in [-0.4, -0.2) is 33.3 Å². The fraction of sp³-hybridized carbons (Fsp3) is 0.350. The zero-order chi connectivity index (χ0) is 19.1. The number of carbonyl (C=O) groups excluding carboxylic acids is 1. The molecule has 0 spiro atoms. The predicted octanol–water partition coefficient (Wildman–Crippen LogP) is 3.36. The van der Waals surface area contributed by atoms with E-state index in [1.54, 1.807) is 40.4 Å². The second-order valence-corrected chi connectivity index (χ2v) is 5.78. The molecule has 140 valence electrons. The van der Waals surface area contributed by atoms with Gasteiger partial charge in [0.25, 0.3) is 5.91 Å². The molecule has 0 bridgehead atoms. The Hall–Kier alpha value is -2.89. The highest BCUT2D eigenvalue weighted by Crippen LogP contribution is 2.30. The molecule has 6 nitrogen and oxygen atoms in total. The van der Waals surface area contributed by atoms with Gasteiger partial charge < -0.3 is 24.3 Å². The minimum Gasteiger partial charge on any atom is -0.497 e. The van der Waals surface area contributed by atoms with Gasteiger partial charge in [0.15, 0.2) is 17.6 Å². The standard InChI is InChI=1S/C20H25NO5/c1-13(15-9-10-18(24-4)19(11-15)25-5)21-20(22)14(2)26-17-8-6-7-16(12-17)23-3/h6-14H,1-5H3,(H,21,22)/t13-,14-/m1/s1. The van der Waals surface area contributed by atoms with Crippen molar-refractivity contribution < 1.29 is 23.7 Å². The third-order valence-corrected chi connectivity index (χ3v) is 3.99. The average Bonchev–Trinajstić information content (AvgIpc) is 2.67. The first-order chi connectivity index (χ1) is 12.5. The molecule has 0 aliphatic carbocycles. The Morgan fingerprint density at radius 2 is 1.58 bits per heavy atom. The van der Waals surface area contributed by atoms with Crippen molar-refractivity contribution in [3.63, 3.8) is 0 Å². The first kappa shape index (κ1) is 19.4. The van der Waals surface area contributed by atoms with Gasteiger partial charge in [-0.1, -0.05) is 12.1 Å². The molecule has 0 saturated carbocycles. The molecule has 0 saturated heterocycles. The minimum atomic E-state index is -0.648. The summed E-state index contributed by atoms with van der Waals surface area (Å²) in [4.78, 5) is 12.4. The topological polar surface area (TPSA) is 66.0 Å². The summed E-state index contributed by atoms with van der Waals surface area (Å²) in [6.07, 6.45) is -0.648. The zero-order valence-electron chi connectivity index (χ0n) is 15.7. The fourth-order valence-electron chi connectivity index (χ4n) is 2.47. The van der Waals surface area contributed by atoms with Gasteiger partial charge in [0.2, 0.25) is 0 Å². The summed E-state index contributed by atoms with van der Waals surface area (Å²) >= 11 is 0. The highest BCUT2D eigenvalue weighted by Gasteiger charge is 2.19. The lowest BCUT2D eigenvalue weighted by molar-refractivity contribution is -0.127. The molecule has 0 aliphatic rings. The lowest BCUT2D eigenvalue weighted by atomic mass is 10.1. The number of hydrogen-bond donors (Lipinski definition) is 1. The van der Waals surface area contributed by atoms with Crippen molar-refractivity contribution in [2.75, 3.05) is 21.3 Å². The van der Waals surface area contributed by atoms with Crippen molar-refractivity contribution >= 4 is 5.91 Å². The van der Waals surface area contributed by atoms with Crippen LogP contribution in [0.5, 0.6) is 23.0 Å². The van der Waals surface area contributed by atoms with Crippen LogP contribution in [0.2, 0.25) is 0 Å². The van der Waals surface area contributed by atoms with Crippen molar-refractivity contribution in [1.82, 2.24) is 5.32 Å². The first-order valence-electron chi connectivity index (χ1n) is 8.31. The number of ether oxygens (including phenoxy) is 4. The van der Waals surface area contributed by atoms with Gasteiger partial charge in [-0.2, -0.15) is 0 Å². The maximum Gasteiger partial charge on any atom is 0.261 e. The SMILES string of the molecule is COc1cccc(O[C@H](C)C(=O)N[C@H](C)c2ccc(OC)c(OC)c2)c1. The molecule has 1 N–H and O–H groups in total. The van der Waals surface area contributed by atoms with Crippen molar-refractivity contribution in [1.29, 1.82) is 0 Å². The van der Waals surface area contributed by atoms with E-state index < -0.39 is 6.10 Å². The number of amides is 1. The third-order valence-electron chi connectivity index (χ3n) is 3.99. The molecule has 0 radical (unpaired) electrons. The molecule has 2 atom stereocenters. The average molecular weight is 359 g/mol. The Balaban J connectivity index is 2.01. The van der Waals surface area contributed by atoms with E-state index in [2.05, 4.69) is 5.32 Å². The molecule has 0 aromatic heterocycles. The molecule has 6 heteroatoms. The molecule has 2 aromatic rings. The minimum absolute atomic E-state index is 0.210. The number of methoxy groups -OCH3 is 3. The van der Waals surface area contributed by atoms with E-state index in [0.29, 0.717) is 23.0 Å². The van der Waals surface area contributed by atoms with Crippen molar-refractivity contribution in [3.05, 3.63) is 48.0 Å². The highest BCUT2D eigenvalue weighted by atomic mass is 16.5. The highest BCUT2D eigenvalue weighted by molar-refractivity contribution is 5.81. The number of carbonyl (C=O) groups is 1. The van der Waals surface area contributed by atoms with Crippen molar-refractivity contribution in [2.45, 2.75) is 26.0 Å². The summed E-state index contributed by atoms with van der Waals surface area (Å²) in [6, 6.07) is 12.5. The smallest absolute Gasteiger partial charge is 0.261 e. The van der Waals surface area contributed by atoms with Crippen LogP contribution >= 0.6 is 0 Å². The number of hydrogen-bond acceptors (Lipinski definition) is 5. The van der Waals surface area contributed by atoms with E-state index in [4.69, 9.17) is 18.9 Å². The second-order valence-electron chi connectivity index (χ2n) is 5.78. The van der Waals surface area contributed by atoms with E-state index in [1.165, 1.54) is 0 Å². The van der Waals surface area contributed by atoms with Gasteiger partial charge in [-0.15, -0.1) is 0 Å². The van der Waals surface area contributed by atoms with Crippen LogP contribution in [0.1, 0.15) is 25.5 Å². The van der Waals surface area contributed by atoms with E-state index in [-0.39, 0.29) is 11.9 Å². The van der Waals surface area contributed by atoms with Crippen LogP contribution in [0.15, 0.2) is 42.5 Å². The Bertz CT molecular complexity index is 747. The molecular formula is C20H25NO5. The van der Waals surface area contributed by atoms with Crippen LogP contribution in [0.4, 0.5) is 0 Å². The molecule has 2 aromatic carbocycles. The number of rotatable bonds is 8. The van der Waals surface area contributed by atoms with E-state index in [0.717, 1.165) is 5.56 Å². The zero-order valence-corrected chi connectivity index (χ0v) is 15.7. The van der Waals surface area contributed by atoms with Crippen LogP contribution < -0.4 is 24.3 Å². The van der Waals surface area contributed by atoms with Gasteiger partial charge in [0.05, 0.1) is 27.4 Å². The third kappa shape index (κ3) is 4.81. The van der Waals surface area contributed by atoms with Gasteiger partial charge in [0, 0.05) is 6.07 Å². The van der Waals surface area contributed by atoms with E-state index >= 15 is 0 Å². The van der Waals surface area contributed by atoms with Crippen molar-refractivity contribution in [2.24, 2.45) is 0 Å². The van der Waals surface area contributed by atoms with Gasteiger partial charge >= 0.3 is 0 Å². The molecule has 2 rings (SSSR count). The number of benzene rings is 2. The molecule has 26 heavy (non-hydrogen) atoms. The van der Waals surface area contributed by atoms with Gasteiger partial charge in [-0.3, -0.25) is 4.79 Å². The van der Waals surface area contributed by atoms with Crippen LogP contribution in [-0.2, 0) is 4.79 Å². The van der Waals surface area contributed by atoms with Crippen LogP contribution in [0, 0.1) is 0 Å². The lowest BCUT2D eigenvalue weighted by Crippen LogP contribution is -2.37. The summed E-state index contributed by atoms with van der Waals surface area (Å²) in [6.45, 7) is 3.60. The van der Waals surface area contributed by atoms with Crippen LogP contribution in [0.25, 0.3) is 0 Å². The normalized spacial score (nSPS) is 12.7. The second kappa shape index (κ2) is 8.99. The van der Waals surface area contributed by atoms with Crippen molar-refractivity contribution in [3.8, 4) is 23.0 Å². The Kier molecular flexibility index (Phi) is 6.72. The van der Waals surface area contributed by atoms with Crippen LogP contribution in [0.3, 0.4) is 0 Å². The summed E-state index contributed by atoms with van der Waals surface area (Å²) in [5.41, 5.74) is 0.907. The Morgan fingerprint density at radius 3 is 2.23 bits per heavy atom. The fourth-order valence-corrected chi connectivity index (χ4v) is 2.47. The summed E-state index contributed by atoms with van der Waals surface area (Å²) in [7, 11) is 4.75. The Labute approximate surface area is 154 Å². The quantitative estimate of drug-likeness (QED) is 0.783. The maximum absolute atomic E-state index is 12.4. The number of nitrogens with one attached hydrogen (secondary N) is 1. The van der Waals surface area contributed by atoms with E-state index in [1.807, 2.05) is 37.3 Å². The van der Waals surface area contributed by atoms with Gasteiger partial charge in [-0.05, 0) is 43.7 Å². The molecule has 0 fully saturated rings. The lowest BCUT2D eigenvalue weighted by Gasteiger charge is -2.20. The van der Waals surface area contributed by atoms with Gasteiger partial charge in [0.1, 0.15) is 11.5 Å². The maximum atomic E-state index is 12.4. The first-order valence-corrected chi connectivity index (χ1v) is 8.31. The monoisotopic (exact) mass is 359 g/mol. The molecule has 0 heterocycles. The summed E-state index contributed by atoms with van der Waals surface area (Å²) in [5, 5.41) is 2.94. The molecule has 0 aliphatic heterocycles. The largest absolute Gasteiger partial charge is 0.497 e. The summed E-state index contributed by atoms with van der Waals surface area (Å²) in [5.74, 6) is 2.30. The van der Waals surface area contributed by atoms with E-state index in [9.17, 15) is 4.79 Å². The predicted molar refractivity (Wildman–Crippen MR) is 99.2 cm³/mol.